The van der Waals surface area contributed by atoms with Crippen LogP contribution >= 0.6 is 0 Å². The van der Waals surface area contributed by atoms with E-state index in [0.717, 1.165) is 25.3 Å². The van der Waals surface area contributed by atoms with Crippen molar-refractivity contribution in [3.63, 3.8) is 0 Å². The molecule has 1 aromatic rings. The molecule has 0 saturated carbocycles. The maximum absolute atomic E-state index is 12.3. The molecule has 2 rings (SSSR count). The van der Waals surface area contributed by atoms with Crippen LogP contribution in [0.4, 0.5) is 11.8 Å². The average Bonchev–Trinajstić information content (AvgIpc) is 2.43. The number of aromatic nitrogens is 2. The molecule has 0 aliphatic carbocycles. The van der Waals surface area contributed by atoms with Crippen LogP contribution in [0.2, 0.25) is 0 Å². The van der Waals surface area contributed by atoms with Gasteiger partial charge in [0.25, 0.3) is 0 Å². The molecular weight excluding hydrogens is 254 g/mol. The van der Waals surface area contributed by atoms with Gasteiger partial charge in [0.2, 0.25) is 11.9 Å². The molecule has 1 aliphatic heterocycles. The van der Waals surface area contributed by atoms with E-state index in [-0.39, 0.29) is 5.91 Å². The second kappa shape index (κ2) is 5.64. The summed E-state index contributed by atoms with van der Waals surface area (Å²) < 4.78 is 0. The Morgan fingerprint density at radius 2 is 2.15 bits per heavy atom. The first-order valence-corrected chi connectivity index (χ1v) is 7.07. The number of likely N-dealkylation sites (N-methyl/N-ethyl adjacent to an activating group) is 1. The maximum atomic E-state index is 12.3. The number of carbonyl (C=O) groups excluding carboxylic acids is 1. The smallest absolute Gasteiger partial charge is 0.247 e. The van der Waals surface area contributed by atoms with E-state index >= 15 is 0 Å². The normalized spacial score (nSPS) is 18.3. The Morgan fingerprint density at radius 3 is 2.85 bits per heavy atom. The molecule has 6 heteroatoms. The van der Waals surface area contributed by atoms with E-state index in [0.29, 0.717) is 12.5 Å². The van der Waals surface area contributed by atoms with Gasteiger partial charge in [-0.3, -0.25) is 4.79 Å². The molecule has 20 heavy (non-hydrogen) atoms. The van der Waals surface area contributed by atoms with Crippen LogP contribution in [0.5, 0.6) is 0 Å². The molecule has 1 fully saturated rings. The highest BCUT2D eigenvalue weighted by Gasteiger charge is 2.41. The fourth-order valence-electron chi connectivity index (χ4n) is 2.44. The summed E-state index contributed by atoms with van der Waals surface area (Å²) in [7, 11) is 1.84. The first-order chi connectivity index (χ1) is 9.46. The van der Waals surface area contributed by atoms with E-state index in [2.05, 4.69) is 22.2 Å². The molecule has 0 aromatic carbocycles. The fraction of sp³-hybridized carbons (Fsp3) is 0.643. The summed E-state index contributed by atoms with van der Waals surface area (Å²) >= 11 is 0. The molecule has 1 N–H and O–H groups in total. The summed E-state index contributed by atoms with van der Waals surface area (Å²) in [6.07, 6.45) is 2.76. The highest BCUT2D eigenvalue weighted by molar-refractivity contribution is 5.90. The average molecular weight is 277 g/mol. The molecule has 0 spiro atoms. The van der Waals surface area contributed by atoms with Crippen LogP contribution in [0.15, 0.2) is 12.3 Å². The van der Waals surface area contributed by atoms with Crippen molar-refractivity contribution in [1.82, 2.24) is 14.9 Å². The molecular formula is C14H23N5O. The summed E-state index contributed by atoms with van der Waals surface area (Å²) in [5.74, 6) is 1.53. The lowest BCUT2D eigenvalue weighted by atomic mass is 9.98. The molecule has 1 saturated heterocycles. The number of amides is 1. The highest BCUT2D eigenvalue weighted by atomic mass is 16.2. The molecule has 0 unspecified atom stereocenters. The van der Waals surface area contributed by atoms with Crippen LogP contribution < -0.4 is 10.2 Å². The van der Waals surface area contributed by atoms with Gasteiger partial charge in [-0.15, -0.1) is 0 Å². The fourth-order valence-corrected chi connectivity index (χ4v) is 2.44. The molecule has 0 bridgehead atoms. The van der Waals surface area contributed by atoms with Gasteiger partial charge in [0.1, 0.15) is 11.4 Å². The number of nitrogens with zero attached hydrogens (tertiary/aromatic N) is 4. The Morgan fingerprint density at radius 1 is 1.40 bits per heavy atom. The minimum Gasteiger partial charge on any atom is -0.354 e. The van der Waals surface area contributed by atoms with Gasteiger partial charge in [-0.25, -0.2) is 4.98 Å². The van der Waals surface area contributed by atoms with Crippen molar-refractivity contribution in [3.8, 4) is 0 Å². The minimum absolute atomic E-state index is 0.116. The van der Waals surface area contributed by atoms with Crippen LogP contribution in [0.3, 0.4) is 0 Å². The third-order valence-corrected chi connectivity index (χ3v) is 3.65. The van der Waals surface area contributed by atoms with Crippen molar-refractivity contribution in [2.45, 2.75) is 32.7 Å². The number of piperazine rings is 1. The van der Waals surface area contributed by atoms with Gasteiger partial charge >= 0.3 is 0 Å². The molecule has 6 nitrogen and oxygen atoms in total. The predicted octanol–water partition coefficient (Wildman–Crippen LogP) is 1.36. The van der Waals surface area contributed by atoms with Gasteiger partial charge in [-0.2, -0.15) is 4.98 Å². The molecule has 1 aliphatic rings. The molecule has 1 aromatic heterocycles. The van der Waals surface area contributed by atoms with Crippen molar-refractivity contribution in [2.75, 3.05) is 36.9 Å². The standard InChI is InChI=1S/C14H23N5O/c1-5-7-15-13-16-8-6-11(17-13)19-10-9-18(4)12(20)14(19,2)3/h6,8H,5,7,9-10H2,1-4H3,(H,15,16,17). The maximum Gasteiger partial charge on any atom is 0.247 e. The molecule has 110 valence electrons. The second-order valence-corrected chi connectivity index (χ2v) is 5.60. The van der Waals surface area contributed by atoms with Crippen molar-refractivity contribution in [2.24, 2.45) is 0 Å². The van der Waals surface area contributed by atoms with Crippen LogP contribution in [-0.2, 0) is 4.79 Å². The second-order valence-electron chi connectivity index (χ2n) is 5.60. The van der Waals surface area contributed by atoms with E-state index in [9.17, 15) is 4.79 Å². The Hall–Kier alpha value is -1.85. The van der Waals surface area contributed by atoms with E-state index < -0.39 is 5.54 Å². The summed E-state index contributed by atoms with van der Waals surface area (Å²) in [5, 5.41) is 3.18. The number of nitrogens with one attached hydrogen (secondary N) is 1. The number of carbonyl (C=O) groups is 1. The number of anilines is 2. The van der Waals surface area contributed by atoms with E-state index in [1.54, 1.807) is 11.1 Å². The van der Waals surface area contributed by atoms with Crippen molar-refractivity contribution < 1.29 is 4.79 Å². The number of hydrogen-bond acceptors (Lipinski definition) is 5. The summed E-state index contributed by atoms with van der Waals surface area (Å²) in [4.78, 5) is 24.9. The zero-order chi connectivity index (χ0) is 14.8. The molecule has 2 heterocycles. The van der Waals surface area contributed by atoms with Crippen LogP contribution in [0.25, 0.3) is 0 Å². The lowest BCUT2D eigenvalue weighted by Crippen LogP contribution is -2.62. The minimum atomic E-state index is -0.580. The van der Waals surface area contributed by atoms with E-state index in [1.165, 1.54) is 0 Å². The van der Waals surface area contributed by atoms with Crippen molar-refractivity contribution in [3.05, 3.63) is 12.3 Å². The van der Waals surface area contributed by atoms with Crippen LogP contribution in [0, 0.1) is 0 Å². The monoisotopic (exact) mass is 277 g/mol. The van der Waals surface area contributed by atoms with Crippen LogP contribution in [0.1, 0.15) is 27.2 Å². The Labute approximate surface area is 120 Å². The Bertz CT molecular complexity index is 488. The largest absolute Gasteiger partial charge is 0.354 e. The zero-order valence-electron chi connectivity index (χ0n) is 12.7. The first kappa shape index (κ1) is 14.6. The van der Waals surface area contributed by atoms with Gasteiger partial charge in [0.05, 0.1) is 0 Å². The SMILES string of the molecule is CCCNc1nccc(N2CCN(C)C(=O)C2(C)C)n1. The van der Waals surface area contributed by atoms with E-state index in [1.807, 2.05) is 31.9 Å². The van der Waals surface area contributed by atoms with Gasteiger partial charge in [0.15, 0.2) is 0 Å². The highest BCUT2D eigenvalue weighted by Crippen LogP contribution is 2.27. The third-order valence-electron chi connectivity index (χ3n) is 3.65. The van der Waals surface area contributed by atoms with Gasteiger partial charge in [-0.1, -0.05) is 6.92 Å². The predicted molar refractivity (Wildman–Crippen MR) is 79.9 cm³/mol. The zero-order valence-corrected chi connectivity index (χ0v) is 12.7. The Kier molecular flexibility index (Phi) is 4.11. The topological polar surface area (TPSA) is 61.4 Å². The lowest BCUT2D eigenvalue weighted by molar-refractivity contribution is -0.136. The van der Waals surface area contributed by atoms with Gasteiger partial charge in [0, 0.05) is 32.9 Å². The molecule has 1 amide bonds. The molecule has 0 atom stereocenters. The summed E-state index contributed by atoms with van der Waals surface area (Å²) in [6.45, 7) is 8.30. The van der Waals surface area contributed by atoms with Gasteiger partial charge in [-0.05, 0) is 26.3 Å². The Balaban J connectivity index is 2.24. The lowest BCUT2D eigenvalue weighted by Gasteiger charge is -2.45. The number of rotatable bonds is 4. The van der Waals surface area contributed by atoms with Crippen LogP contribution in [-0.4, -0.2) is 53.0 Å². The van der Waals surface area contributed by atoms with Gasteiger partial charge < -0.3 is 15.1 Å². The third kappa shape index (κ3) is 2.69. The van der Waals surface area contributed by atoms with Crippen molar-refractivity contribution >= 4 is 17.7 Å². The molecule has 0 radical (unpaired) electrons. The number of hydrogen-bond donors (Lipinski definition) is 1. The quantitative estimate of drug-likeness (QED) is 0.900. The summed E-state index contributed by atoms with van der Waals surface area (Å²) in [5.41, 5.74) is -0.580. The van der Waals surface area contributed by atoms with E-state index in [4.69, 9.17) is 0 Å². The van der Waals surface area contributed by atoms with Crippen molar-refractivity contribution in [1.29, 1.82) is 0 Å². The first-order valence-electron chi connectivity index (χ1n) is 7.07. The summed E-state index contributed by atoms with van der Waals surface area (Å²) in [6, 6.07) is 1.86.